The minimum absolute atomic E-state index is 0.257. The van der Waals surface area contributed by atoms with Crippen LogP contribution in [0.2, 0.25) is 0 Å². The molecule has 0 atom stereocenters. The van der Waals surface area contributed by atoms with Gasteiger partial charge in [-0.2, -0.15) is 5.26 Å². The van der Waals surface area contributed by atoms with Crippen LogP contribution in [0.15, 0.2) is 48.5 Å². The van der Waals surface area contributed by atoms with Gasteiger partial charge in [0, 0.05) is 5.39 Å². The Kier molecular flexibility index (Phi) is 2.06. The molecule has 0 aliphatic rings. The summed E-state index contributed by atoms with van der Waals surface area (Å²) in [6.07, 6.45) is 0. The third kappa shape index (κ3) is 1.44. The number of halogens is 1. The summed E-state index contributed by atoms with van der Waals surface area (Å²) in [5, 5.41) is 12.6. The van der Waals surface area contributed by atoms with E-state index in [1.165, 1.54) is 12.1 Å². The Balaban J connectivity index is 2.61. The monoisotopic (exact) mass is 221 g/mol. The van der Waals surface area contributed by atoms with Crippen LogP contribution in [-0.2, 0) is 0 Å². The molecular weight excluding hydrogens is 213 g/mol. The molecule has 3 aromatic carbocycles. The molecule has 0 N–H and O–H groups in total. The number of nitrogens with zero attached hydrogens (tertiary/aromatic N) is 1. The highest BCUT2D eigenvalue weighted by Gasteiger charge is 2.06. The average molecular weight is 221 g/mol. The van der Waals surface area contributed by atoms with Crippen molar-refractivity contribution in [3.8, 4) is 6.07 Å². The highest BCUT2D eigenvalue weighted by molar-refractivity contribution is 6.09. The molecular formula is C15H8FN. The highest BCUT2D eigenvalue weighted by atomic mass is 19.1. The van der Waals surface area contributed by atoms with E-state index in [4.69, 9.17) is 5.26 Å². The molecule has 0 fully saturated rings. The summed E-state index contributed by atoms with van der Waals surface area (Å²) in [6.45, 7) is 0. The van der Waals surface area contributed by atoms with E-state index in [-0.39, 0.29) is 5.82 Å². The molecule has 17 heavy (non-hydrogen) atoms. The fourth-order valence-corrected chi connectivity index (χ4v) is 2.17. The lowest BCUT2D eigenvalue weighted by Crippen LogP contribution is -1.84. The Bertz CT molecular complexity index is 769. The second kappa shape index (κ2) is 3.57. The van der Waals surface area contributed by atoms with Gasteiger partial charge in [-0.15, -0.1) is 0 Å². The van der Waals surface area contributed by atoms with Gasteiger partial charge in [0.2, 0.25) is 0 Å². The lowest BCUT2D eigenvalue weighted by Gasteiger charge is -2.05. The zero-order valence-corrected chi connectivity index (χ0v) is 8.94. The summed E-state index contributed by atoms with van der Waals surface area (Å²) in [6, 6.07) is 16.2. The Hall–Kier alpha value is -2.40. The molecule has 3 rings (SSSR count). The van der Waals surface area contributed by atoms with E-state index in [1.54, 1.807) is 12.1 Å². The van der Waals surface area contributed by atoms with E-state index in [0.717, 1.165) is 21.5 Å². The highest BCUT2D eigenvalue weighted by Crippen LogP contribution is 2.28. The van der Waals surface area contributed by atoms with E-state index in [1.807, 2.05) is 24.3 Å². The Labute approximate surface area is 97.7 Å². The molecule has 0 radical (unpaired) electrons. The molecule has 80 valence electrons. The topological polar surface area (TPSA) is 23.8 Å². The van der Waals surface area contributed by atoms with Gasteiger partial charge in [0.25, 0.3) is 0 Å². The van der Waals surface area contributed by atoms with Crippen LogP contribution in [0.25, 0.3) is 21.5 Å². The minimum atomic E-state index is -0.257. The van der Waals surface area contributed by atoms with Crippen molar-refractivity contribution < 1.29 is 4.39 Å². The fourth-order valence-electron chi connectivity index (χ4n) is 2.17. The Morgan fingerprint density at radius 2 is 1.65 bits per heavy atom. The quantitative estimate of drug-likeness (QED) is 0.526. The molecule has 0 aliphatic carbocycles. The molecule has 0 heterocycles. The molecule has 0 aliphatic heterocycles. The third-order valence-electron chi connectivity index (χ3n) is 2.94. The largest absolute Gasteiger partial charge is 0.207 e. The number of rotatable bonds is 0. The van der Waals surface area contributed by atoms with Crippen molar-refractivity contribution in [2.45, 2.75) is 0 Å². The second-order valence-electron chi connectivity index (χ2n) is 3.95. The van der Waals surface area contributed by atoms with Crippen molar-refractivity contribution in [3.05, 3.63) is 59.9 Å². The molecule has 0 aromatic heterocycles. The van der Waals surface area contributed by atoms with Gasteiger partial charge in [-0.1, -0.05) is 30.3 Å². The number of nitriles is 1. The van der Waals surface area contributed by atoms with Gasteiger partial charge >= 0.3 is 0 Å². The summed E-state index contributed by atoms with van der Waals surface area (Å²) in [7, 11) is 0. The molecule has 0 saturated heterocycles. The first kappa shape index (κ1) is 9.80. The number of fused-ring (bicyclic) bond motifs is 3. The van der Waals surface area contributed by atoms with E-state index in [2.05, 4.69) is 6.07 Å². The van der Waals surface area contributed by atoms with Gasteiger partial charge < -0.3 is 0 Å². The molecule has 0 spiro atoms. The maximum Gasteiger partial charge on any atom is 0.123 e. The first-order valence-electron chi connectivity index (χ1n) is 5.31. The number of benzene rings is 3. The van der Waals surface area contributed by atoms with Gasteiger partial charge in [-0.3, -0.25) is 0 Å². The second-order valence-corrected chi connectivity index (χ2v) is 3.95. The van der Waals surface area contributed by atoms with E-state index >= 15 is 0 Å². The zero-order chi connectivity index (χ0) is 11.8. The lowest BCUT2D eigenvalue weighted by molar-refractivity contribution is 0.630. The predicted octanol–water partition coefficient (Wildman–Crippen LogP) is 4.00. The van der Waals surface area contributed by atoms with Gasteiger partial charge in [0.1, 0.15) is 5.82 Å². The predicted molar refractivity (Wildman–Crippen MR) is 66.1 cm³/mol. The Morgan fingerprint density at radius 3 is 2.41 bits per heavy atom. The van der Waals surface area contributed by atoms with Crippen LogP contribution >= 0.6 is 0 Å². The van der Waals surface area contributed by atoms with Crippen LogP contribution in [0.3, 0.4) is 0 Å². The first-order valence-corrected chi connectivity index (χ1v) is 5.31. The van der Waals surface area contributed by atoms with Crippen molar-refractivity contribution in [3.63, 3.8) is 0 Å². The first-order chi connectivity index (χ1) is 8.29. The average Bonchev–Trinajstić information content (AvgIpc) is 2.38. The van der Waals surface area contributed by atoms with Crippen LogP contribution in [0.5, 0.6) is 0 Å². The molecule has 0 amide bonds. The third-order valence-corrected chi connectivity index (χ3v) is 2.94. The molecule has 3 aromatic rings. The van der Waals surface area contributed by atoms with Crippen molar-refractivity contribution in [2.24, 2.45) is 0 Å². The Morgan fingerprint density at radius 1 is 0.882 bits per heavy atom. The maximum absolute atomic E-state index is 13.3. The normalized spacial score (nSPS) is 10.6. The van der Waals surface area contributed by atoms with Gasteiger partial charge in [0.15, 0.2) is 0 Å². The van der Waals surface area contributed by atoms with Crippen LogP contribution in [0.1, 0.15) is 5.56 Å². The lowest BCUT2D eigenvalue weighted by atomic mass is 9.98. The fraction of sp³-hybridized carbons (Fsp3) is 0. The summed E-state index contributed by atoms with van der Waals surface area (Å²) < 4.78 is 13.3. The zero-order valence-electron chi connectivity index (χ0n) is 8.94. The van der Waals surface area contributed by atoms with Gasteiger partial charge in [0.05, 0.1) is 11.6 Å². The van der Waals surface area contributed by atoms with Crippen molar-refractivity contribution in [2.75, 3.05) is 0 Å². The maximum atomic E-state index is 13.3. The summed E-state index contributed by atoms with van der Waals surface area (Å²) >= 11 is 0. The van der Waals surface area contributed by atoms with E-state index < -0.39 is 0 Å². The van der Waals surface area contributed by atoms with Gasteiger partial charge in [-0.05, 0) is 34.4 Å². The SMILES string of the molecule is N#Cc1cc2ccc(F)cc2c2ccccc12. The molecule has 2 heteroatoms. The standard InChI is InChI=1S/C15H8FN/c16-12-6-5-10-7-11(9-17)13-3-1-2-4-14(13)15(10)8-12/h1-8H. The van der Waals surface area contributed by atoms with Crippen molar-refractivity contribution >= 4 is 21.5 Å². The van der Waals surface area contributed by atoms with Crippen LogP contribution < -0.4 is 0 Å². The van der Waals surface area contributed by atoms with Crippen LogP contribution in [0.4, 0.5) is 4.39 Å². The van der Waals surface area contributed by atoms with E-state index in [9.17, 15) is 4.39 Å². The van der Waals surface area contributed by atoms with Crippen LogP contribution in [0, 0.1) is 17.1 Å². The van der Waals surface area contributed by atoms with Crippen LogP contribution in [-0.4, -0.2) is 0 Å². The minimum Gasteiger partial charge on any atom is -0.207 e. The summed E-state index contributed by atoms with van der Waals surface area (Å²) in [4.78, 5) is 0. The van der Waals surface area contributed by atoms with Crippen molar-refractivity contribution in [1.82, 2.24) is 0 Å². The molecule has 0 saturated carbocycles. The summed E-state index contributed by atoms with van der Waals surface area (Å²) in [5.41, 5.74) is 0.625. The summed E-state index contributed by atoms with van der Waals surface area (Å²) in [5.74, 6) is -0.257. The molecule has 0 bridgehead atoms. The van der Waals surface area contributed by atoms with E-state index in [0.29, 0.717) is 5.56 Å². The number of hydrogen-bond donors (Lipinski definition) is 0. The molecule has 1 nitrogen and oxygen atoms in total. The molecule has 0 unspecified atom stereocenters. The van der Waals surface area contributed by atoms with Gasteiger partial charge in [-0.25, -0.2) is 4.39 Å². The number of hydrogen-bond acceptors (Lipinski definition) is 1. The smallest absolute Gasteiger partial charge is 0.123 e. The van der Waals surface area contributed by atoms with Crippen molar-refractivity contribution in [1.29, 1.82) is 5.26 Å².